The Morgan fingerprint density at radius 1 is 1.15 bits per heavy atom. The van der Waals surface area contributed by atoms with Crippen LogP contribution in [0.5, 0.6) is 11.5 Å². The maximum atomic E-state index is 12.5. The fourth-order valence-electron chi connectivity index (χ4n) is 2.38. The maximum Gasteiger partial charge on any atom is 0.389 e. The number of phenols is 2. The van der Waals surface area contributed by atoms with Crippen LogP contribution in [0.2, 0.25) is 0 Å². The molecule has 0 saturated heterocycles. The van der Waals surface area contributed by atoms with Crippen LogP contribution in [0.4, 0.5) is 18.3 Å². The summed E-state index contributed by atoms with van der Waals surface area (Å²) in [6.07, 6.45) is -4.04. The average molecular weight is 395 g/mol. The number of rotatable bonds is 6. The highest BCUT2D eigenvalue weighted by atomic mass is 32.1. The molecule has 9 heteroatoms. The number of nitrogens with zero attached hydrogens (tertiary/aromatic N) is 3. The summed E-state index contributed by atoms with van der Waals surface area (Å²) in [5, 5.41) is 25.4. The summed E-state index contributed by atoms with van der Waals surface area (Å²) in [6.45, 7) is 0.00933. The van der Waals surface area contributed by atoms with Crippen LogP contribution in [0.3, 0.4) is 0 Å². The first-order valence-electron chi connectivity index (χ1n) is 8.08. The van der Waals surface area contributed by atoms with E-state index in [2.05, 4.69) is 10.1 Å². The minimum Gasteiger partial charge on any atom is -0.508 e. The zero-order valence-corrected chi connectivity index (χ0v) is 14.8. The molecule has 0 saturated carbocycles. The van der Waals surface area contributed by atoms with Gasteiger partial charge in [0.05, 0.1) is 16.4 Å². The van der Waals surface area contributed by atoms with Crippen LogP contribution in [-0.2, 0) is 0 Å². The van der Waals surface area contributed by atoms with E-state index in [1.54, 1.807) is 0 Å². The number of benzene rings is 2. The van der Waals surface area contributed by atoms with Crippen LogP contribution in [0, 0.1) is 0 Å². The number of hydrazone groups is 1. The van der Waals surface area contributed by atoms with Gasteiger partial charge in [0.15, 0.2) is 0 Å². The fraction of sp³-hybridized carbons (Fsp3) is 0.222. The van der Waals surface area contributed by atoms with Crippen molar-refractivity contribution in [2.45, 2.75) is 19.0 Å². The van der Waals surface area contributed by atoms with Gasteiger partial charge in [-0.1, -0.05) is 23.5 Å². The molecule has 0 spiro atoms. The second kappa shape index (κ2) is 7.83. The number of anilines is 1. The normalized spacial score (nSPS) is 12.1. The summed E-state index contributed by atoms with van der Waals surface area (Å²) in [4.78, 5) is 4.42. The van der Waals surface area contributed by atoms with Crippen LogP contribution in [-0.4, -0.2) is 34.1 Å². The zero-order valence-electron chi connectivity index (χ0n) is 14.0. The van der Waals surface area contributed by atoms with Gasteiger partial charge in [-0.3, -0.25) is 0 Å². The van der Waals surface area contributed by atoms with Crippen molar-refractivity contribution in [3.05, 3.63) is 48.0 Å². The molecule has 0 bridgehead atoms. The van der Waals surface area contributed by atoms with E-state index in [1.807, 2.05) is 24.3 Å². The third kappa shape index (κ3) is 5.10. The number of aromatic nitrogens is 1. The van der Waals surface area contributed by atoms with Gasteiger partial charge in [0, 0.05) is 18.5 Å². The lowest BCUT2D eigenvalue weighted by Crippen LogP contribution is -2.20. The average Bonchev–Trinajstić information content (AvgIpc) is 3.03. The lowest BCUT2D eigenvalue weighted by molar-refractivity contribution is -0.135. The van der Waals surface area contributed by atoms with E-state index >= 15 is 0 Å². The van der Waals surface area contributed by atoms with Gasteiger partial charge in [-0.25, -0.2) is 9.99 Å². The number of fused-ring (bicyclic) bond motifs is 1. The predicted molar refractivity (Wildman–Crippen MR) is 99.6 cm³/mol. The first-order valence-corrected chi connectivity index (χ1v) is 8.89. The van der Waals surface area contributed by atoms with Gasteiger partial charge >= 0.3 is 6.18 Å². The summed E-state index contributed by atoms with van der Waals surface area (Å²) in [5.41, 5.74) is 0.977. The molecular formula is C18H16F3N3O2S. The van der Waals surface area contributed by atoms with Crippen LogP contribution in [0.15, 0.2) is 47.6 Å². The molecule has 0 aliphatic carbocycles. The molecule has 142 valence electrons. The second-order valence-electron chi connectivity index (χ2n) is 5.79. The molecule has 2 aromatic carbocycles. The SMILES string of the molecule is Oc1ccc(O)c(/C=N/N(CCCC(F)(F)F)c2nc3ccccc3s2)c1. The molecule has 0 aliphatic heterocycles. The van der Waals surface area contributed by atoms with Crippen molar-refractivity contribution >= 4 is 32.9 Å². The lowest BCUT2D eigenvalue weighted by atomic mass is 10.2. The molecule has 27 heavy (non-hydrogen) atoms. The molecule has 0 aliphatic rings. The summed E-state index contributed by atoms with van der Waals surface area (Å²) in [6, 6.07) is 11.3. The van der Waals surface area contributed by atoms with Gasteiger partial charge in [-0.15, -0.1) is 0 Å². The number of aromatic hydroxyl groups is 2. The summed E-state index contributed by atoms with van der Waals surface area (Å²) >= 11 is 1.31. The Hall–Kier alpha value is -2.81. The van der Waals surface area contributed by atoms with Crippen LogP contribution in [0.25, 0.3) is 10.2 Å². The highest BCUT2D eigenvalue weighted by Gasteiger charge is 2.26. The Morgan fingerprint density at radius 3 is 2.67 bits per heavy atom. The van der Waals surface area contributed by atoms with E-state index in [0.717, 1.165) is 10.2 Å². The largest absolute Gasteiger partial charge is 0.508 e. The number of phenolic OH excluding ortho intramolecular Hbond substituents is 2. The van der Waals surface area contributed by atoms with Crippen molar-refractivity contribution in [2.75, 3.05) is 11.6 Å². The molecule has 0 amide bonds. The van der Waals surface area contributed by atoms with E-state index in [0.29, 0.717) is 5.13 Å². The number of thiazole rings is 1. The third-order valence-corrected chi connectivity index (χ3v) is 4.73. The second-order valence-corrected chi connectivity index (χ2v) is 6.80. The minimum absolute atomic E-state index is 0.00933. The Kier molecular flexibility index (Phi) is 5.50. The van der Waals surface area contributed by atoms with Crippen molar-refractivity contribution in [3.63, 3.8) is 0 Å². The van der Waals surface area contributed by atoms with E-state index < -0.39 is 12.6 Å². The number of hydrogen-bond acceptors (Lipinski definition) is 6. The fourth-order valence-corrected chi connectivity index (χ4v) is 3.33. The quantitative estimate of drug-likeness (QED) is 0.354. The summed E-state index contributed by atoms with van der Waals surface area (Å²) in [7, 11) is 0. The maximum absolute atomic E-state index is 12.5. The Bertz CT molecular complexity index is 923. The van der Waals surface area contributed by atoms with Crippen molar-refractivity contribution in [1.82, 2.24) is 4.98 Å². The van der Waals surface area contributed by atoms with Gasteiger partial charge in [-0.05, 0) is 36.8 Å². The van der Waals surface area contributed by atoms with Gasteiger partial charge in [0.2, 0.25) is 5.13 Å². The van der Waals surface area contributed by atoms with Gasteiger partial charge in [0.1, 0.15) is 11.5 Å². The molecule has 0 fully saturated rings. The predicted octanol–water partition coefficient (Wildman–Crippen LogP) is 4.89. The molecule has 0 unspecified atom stereocenters. The summed E-state index contributed by atoms with van der Waals surface area (Å²) < 4.78 is 38.4. The smallest absolute Gasteiger partial charge is 0.389 e. The molecule has 2 N–H and O–H groups in total. The molecule has 5 nitrogen and oxygen atoms in total. The third-order valence-electron chi connectivity index (χ3n) is 3.68. The van der Waals surface area contributed by atoms with E-state index in [9.17, 15) is 23.4 Å². The van der Waals surface area contributed by atoms with Gasteiger partial charge < -0.3 is 10.2 Å². The molecule has 3 aromatic rings. The van der Waals surface area contributed by atoms with Crippen molar-refractivity contribution < 1.29 is 23.4 Å². The Balaban J connectivity index is 1.86. The minimum atomic E-state index is -4.24. The number of para-hydroxylation sites is 1. The monoisotopic (exact) mass is 395 g/mol. The van der Waals surface area contributed by atoms with E-state index in [4.69, 9.17) is 0 Å². The van der Waals surface area contributed by atoms with Crippen LogP contribution >= 0.6 is 11.3 Å². The molecule has 1 heterocycles. The first kappa shape index (κ1) is 19.0. The number of halogens is 3. The number of alkyl halides is 3. The van der Waals surface area contributed by atoms with Crippen LogP contribution in [0.1, 0.15) is 18.4 Å². The van der Waals surface area contributed by atoms with Gasteiger partial charge in [0.25, 0.3) is 0 Å². The number of hydrogen-bond donors (Lipinski definition) is 2. The first-order chi connectivity index (χ1) is 12.8. The topological polar surface area (TPSA) is 69.0 Å². The Morgan fingerprint density at radius 2 is 1.93 bits per heavy atom. The molecule has 3 rings (SSSR count). The van der Waals surface area contributed by atoms with E-state index in [-0.39, 0.29) is 30.0 Å². The van der Waals surface area contributed by atoms with Crippen molar-refractivity contribution in [3.8, 4) is 11.5 Å². The molecule has 0 atom stereocenters. The molecule has 0 radical (unpaired) electrons. The van der Waals surface area contributed by atoms with Crippen molar-refractivity contribution in [2.24, 2.45) is 5.10 Å². The van der Waals surface area contributed by atoms with Crippen LogP contribution < -0.4 is 5.01 Å². The zero-order chi connectivity index (χ0) is 19.4. The lowest BCUT2D eigenvalue weighted by Gasteiger charge is -2.16. The van der Waals surface area contributed by atoms with Crippen molar-refractivity contribution in [1.29, 1.82) is 0 Å². The highest BCUT2D eigenvalue weighted by molar-refractivity contribution is 7.22. The van der Waals surface area contributed by atoms with Gasteiger partial charge in [-0.2, -0.15) is 18.3 Å². The highest BCUT2D eigenvalue weighted by Crippen LogP contribution is 2.30. The Labute approximate surface area is 157 Å². The molecule has 1 aromatic heterocycles. The molecular weight excluding hydrogens is 379 g/mol. The standard InChI is InChI=1S/C18H16F3N3O2S/c19-18(20,21)8-3-9-24(17-23-14-4-1-2-5-16(14)27-17)22-11-12-10-13(25)6-7-15(12)26/h1-2,4-7,10-11,25-26H,3,8-9H2/b22-11+. The summed E-state index contributed by atoms with van der Waals surface area (Å²) in [5.74, 6) is -0.158. The van der Waals surface area contributed by atoms with E-state index in [1.165, 1.54) is 40.8 Å².